The van der Waals surface area contributed by atoms with Gasteiger partial charge in [-0.2, -0.15) is 0 Å². The highest BCUT2D eigenvalue weighted by molar-refractivity contribution is 5.83. The van der Waals surface area contributed by atoms with Crippen LogP contribution in [-0.4, -0.2) is 39.1 Å². The lowest BCUT2D eigenvalue weighted by Crippen LogP contribution is -2.32. The predicted octanol–water partition coefficient (Wildman–Crippen LogP) is 3.69. The summed E-state index contributed by atoms with van der Waals surface area (Å²) in [6.07, 6.45) is 4.30. The molecule has 1 aliphatic rings. The number of aromatic nitrogens is 3. The zero-order valence-electron chi connectivity index (χ0n) is 17.2. The molecular weight excluding hydrogens is 392 g/mol. The van der Waals surface area contributed by atoms with Crippen molar-refractivity contribution in [3.8, 4) is 5.75 Å². The number of amides is 1. The van der Waals surface area contributed by atoms with Gasteiger partial charge in [-0.1, -0.05) is 36.4 Å². The molecule has 1 N–H and O–H groups in total. The first-order valence-corrected chi connectivity index (χ1v) is 10.6. The molecule has 2 aromatic heterocycles. The molecule has 0 radical (unpaired) electrons. The first-order valence-electron chi connectivity index (χ1n) is 10.6. The summed E-state index contributed by atoms with van der Waals surface area (Å²) in [5, 5.41) is 9.51. The quantitative estimate of drug-likeness (QED) is 0.518. The second kappa shape index (κ2) is 8.63. The third-order valence-corrected chi connectivity index (χ3v) is 5.65. The summed E-state index contributed by atoms with van der Waals surface area (Å²) in [4.78, 5) is 17.8. The van der Waals surface area contributed by atoms with Crippen molar-refractivity contribution in [2.45, 2.75) is 32.2 Å². The largest absolute Gasteiger partial charge is 0.491 e. The number of hydrogen-bond donors (Lipinski definition) is 1. The Labute approximate surface area is 180 Å². The smallest absolute Gasteiger partial charge is 0.223 e. The van der Waals surface area contributed by atoms with Crippen LogP contribution in [-0.2, 0) is 30.6 Å². The number of rotatable bonds is 6. The number of aryl methyl sites for hydroxylation is 3. The van der Waals surface area contributed by atoms with Crippen LogP contribution in [0.2, 0.25) is 0 Å². The molecule has 0 saturated heterocycles. The number of nitrogens with one attached hydrogen (secondary N) is 1. The maximum Gasteiger partial charge on any atom is 0.223 e. The average molecular weight is 416 g/mol. The molecule has 0 saturated carbocycles. The minimum absolute atomic E-state index is 0.0684. The van der Waals surface area contributed by atoms with Crippen LogP contribution in [0.1, 0.15) is 29.3 Å². The van der Waals surface area contributed by atoms with Crippen molar-refractivity contribution < 1.29 is 13.9 Å². The molecule has 0 atom stereocenters. The Morgan fingerprint density at radius 2 is 1.81 bits per heavy atom. The van der Waals surface area contributed by atoms with E-state index in [-0.39, 0.29) is 5.91 Å². The van der Waals surface area contributed by atoms with Crippen LogP contribution >= 0.6 is 0 Å². The number of carbonyl (C=O) groups excluding carboxylic acids is 1. The Morgan fingerprint density at radius 3 is 2.74 bits per heavy atom. The zero-order valence-corrected chi connectivity index (χ0v) is 17.2. The van der Waals surface area contributed by atoms with E-state index >= 15 is 0 Å². The average Bonchev–Trinajstić information content (AvgIpc) is 3.36. The Hall–Kier alpha value is -3.61. The topological polar surface area (TPSA) is 84.2 Å². The molecule has 1 aliphatic heterocycles. The van der Waals surface area contributed by atoms with E-state index in [0.29, 0.717) is 50.7 Å². The molecule has 0 bridgehead atoms. The number of nitrogens with zero attached hydrogens (tertiary/aromatic N) is 3. The normalized spacial score (nSPS) is 13.6. The first kappa shape index (κ1) is 19.4. The van der Waals surface area contributed by atoms with Crippen molar-refractivity contribution >= 4 is 16.8 Å². The fourth-order valence-electron chi connectivity index (χ4n) is 3.98. The highest BCUT2D eigenvalue weighted by Gasteiger charge is 2.20. The summed E-state index contributed by atoms with van der Waals surface area (Å²) in [6, 6.07) is 16.1. The van der Waals surface area contributed by atoms with Crippen LogP contribution in [0, 0.1) is 0 Å². The molecule has 7 heteroatoms. The highest BCUT2D eigenvalue weighted by Crippen LogP contribution is 2.23. The zero-order chi connectivity index (χ0) is 21.0. The monoisotopic (exact) mass is 416 g/mol. The number of para-hydroxylation sites is 2. The SMILES string of the molecule is O=C(CCc1nnc(CCc2c[nH]c3ccccc23)o1)N1CCOc2ccccc2C1. The maximum atomic E-state index is 12.7. The molecule has 31 heavy (non-hydrogen) atoms. The van der Waals surface area contributed by atoms with Gasteiger partial charge in [0.25, 0.3) is 0 Å². The van der Waals surface area contributed by atoms with E-state index < -0.39 is 0 Å². The number of benzene rings is 2. The Morgan fingerprint density at radius 1 is 1.00 bits per heavy atom. The Kier molecular flexibility index (Phi) is 5.39. The van der Waals surface area contributed by atoms with E-state index in [9.17, 15) is 4.79 Å². The Bertz CT molecular complexity index is 1200. The lowest BCUT2D eigenvalue weighted by atomic mass is 10.1. The number of carbonyl (C=O) groups is 1. The van der Waals surface area contributed by atoms with Crippen molar-refractivity contribution in [3.05, 3.63) is 77.6 Å². The van der Waals surface area contributed by atoms with Gasteiger partial charge in [-0.3, -0.25) is 4.79 Å². The minimum Gasteiger partial charge on any atom is -0.491 e. The van der Waals surface area contributed by atoms with E-state index in [0.717, 1.165) is 23.3 Å². The lowest BCUT2D eigenvalue weighted by molar-refractivity contribution is -0.132. The predicted molar refractivity (Wildman–Crippen MR) is 116 cm³/mol. The minimum atomic E-state index is 0.0684. The second-order valence-corrected chi connectivity index (χ2v) is 7.72. The standard InChI is InChI=1S/C24H24N4O3/c29-24(28-13-14-30-21-8-4-1-5-18(21)16-28)12-11-23-27-26-22(31-23)10-9-17-15-25-20-7-3-2-6-19(17)20/h1-8,15,25H,9-14,16H2. The third kappa shape index (κ3) is 4.30. The van der Waals surface area contributed by atoms with Gasteiger partial charge in [-0.05, 0) is 24.1 Å². The fourth-order valence-corrected chi connectivity index (χ4v) is 3.98. The van der Waals surface area contributed by atoms with Crippen LogP contribution in [0.4, 0.5) is 0 Å². The van der Waals surface area contributed by atoms with Gasteiger partial charge in [-0.25, -0.2) is 0 Å². The first-order chi connectivity index (χ1) is 15.3. The van der Waals surface area contributed by atoms with Gasteiger partial charge in [0.1, 0.15) is 12.4 Å². The maximum absolute atomic E-state index is 12.7. The number of fused-ring (bicyclic) bond motifs is 2. The molecule has 158 valence electrons. The van der Waals surface area contributed by atoms with Gasteiger partial charge in [0.2, 0.25) is 17.7 Å². The molecule has 0 spiro atoms. The van der Waals surface area contributed by atoms with Crippen molar-refractivity contribution in [1.82, 2.24) is 20.1 Å². The second-order valence-electron chi connectivity index (χ2n) is 7.72. The van der Waals surface area contributed by atoms with E-state index in [2.05, 4.69) is 27.3 Å². The molecule has 5 rings (SSSR count). The summed E-state index contributed by atoms with van der Waals surface area (Å²) >= 11 is 0. The molecule has 4 aromatic rings. The third-order valence-electron chi connectivity index (χ3n) is 5.65. The van der Waals surface area contributed by atoms with Gasteiger partial charge >= 0.3 is 0 Å². The molecule has 0 fully saturated rings. The van der Waals surface area contributed by atoms with E-state index in [1.165, 1.54) is 10.9 Å². The number of hydrogen-bond acceptors (Lipinski definition) is 5. The van der Waals surface area contributed by atoms with Crippen LogP contribution in [0.3, 0.4) is 0 Å². The van der Waals surface area contributed by atoms with Gasteiger partial charge < -0.3 is 19.0 Å². The van der Waals surface area contributed by atoms with Gasteiger partial charge in [0, 0.05) is 48.5 Å². The summed E-state index contributed by atoms with van der Waals surface area (Å²) in [6.45, 7) is 1.64. The summed E-state index contributed by atoms with van der Waals surface area (Å²) in [5.41, 5.74) is 3.39. The van der Waals surface area contributed by atoms with E-state index in [4.69, 9.17) is 9.15 Å². The summed E-state index contributed by atoms with van der Waals surface area (Å²) < 4.78 is 11.5. The number of ether oxygens (including phenoxy) is 1. The fraction of sp³-hybridized carbons (Fsp3) is 0.292. The van der Waals surface area contributed by atoms with Gasteiger partial charge in [0.15, 0.2) is 0 Å². The lowest BCUT2D eigenvalue weighted by Gasteiger charge is -2.19. The Balaban J connectivity index is 1.15. The molecule has 3 heterocycles. The molecule has 2 aromatic carbocycles. The van der Waals surface area contributed by atoms with Crippen LogP contribution < -0.4 is 4.74 Å². The van der Waals surface area contributed by atoms with Crippen LogP contribution in [0.25, 0.3) is 10.9 Å². The molecule has 1 amide bonds. The van der Waals surface area contributed by atoms with Crippen molar-refractivity contribution in [2.24, 2.45) is 0 Å². The van der Waals surface area contributed by atoms with Gasteiger partial charge in [-0.15, -0.1) is 10.2 Å². The van der Waals surface area contributed by atoms with Crippen molar-refractivity contribution in [3.63, 3.8) is 0 Å². The van der Waals surface area contributed by atoms with Crippen molar-refractivity contribution in [1.29, 1.82) is 0 Å². The van der Waals surface area contributed by atoms with Gasteiger partial charge in [0.05, 0.1) is 6.54 Å². The number of H-pyrrole nitrogens is 1. The number of aromatic amines is 1. The van der Waals surface area contributed by atoms with Crippen LogP contribution in [0.5, 0.6) is 5.75 Å². The highest BCUT2D eigenvalue weighted by atomic mass is 16.5. The van der Waals surface area contributed by atoms with Crippen molar-refractivity contribution in [2.75, 3.05) is 13.2 Å². The summed E-state index contributed by atoms with van der Waals surface area (Å²) in [5.74, 6) is 2.03. The van der Waals surface area contributed by atoms with E-state index in [1.54, 1.807) is 0 Å². The van der Waals surface area contributed by atoms with E-state index in [1.807, 2.05) is 47.5 Å². The molecule has 0 aliphatic carbocycles. The molecule has 0 unspecified atom stereocenters. The summed E-state index contributed by atoms with van der Waals surface area (Å²) in [7, 11) is 0. The van der Waals surface area contributed by atoms with Crippen LogP contribution in [0.15, 0.2) is 59.1 Å². The molecular formula is C24H24N4O3. The molecule has 7 nitrogen and oxygen atoms in total.